The molecule has 2 N–H and O–H groups in total. The first-order valence-electron chi connectivity index (χ1n) is 5.20. The smallest absolute Gasteiger partial charge is 0.400 e. The first kappa shape index (κ1) is 9.72. The molecule has 0 saturated carbocycles. The predicted octanol–water partition coefficient (Wildman–Crippen LogP) is 3.20. The monoisotopic (exact) mass is 226 g/mol. The van der Waals surface area contributed by atoms with E-state index in [9.17, 15) is 0 Å². The van der Waals surface area contributed by atoms with Gasteiger partial charge < -0.3 is 14.9 Å². The predicted molar refractivity (Wildman–Crippen MR) is 64.9 cm³/mol. The van der Waals surface area contributed by atoms with Gasteiger partial charge in [-0.1, -0.05) is 18.2 Å². The van der Waals surface area contributed by atoms with Crippen molar-refractivity contribution in [2.75, 3.05) is 5.73 Å². The molecule has 4 nitrogen and oxygen atoms in total. The molecule has 0 amide bonds. The van der Waals surface area contributed by atoms with Crippen molar-refractivity contribution in [2.24, 2.45) is 0 Å². The number of hydrogen-bond acceptors (Lipinski definition) is 4. The van der Waals surface area contributed by atoms with Gasteiger partial charge in [-0.15, -0.1) is 0 Å². The lowest BCUT2D eigenvalue weighted by Crippen LogP contribution is -1.87. The lowest BCUT2D eigenvalue weighted by atomic mass is 10.3. The second kappa shape index (κ2) is 3.83. The molecule has 4 heteroatoms. The van der Waals surface area contributed by atoms with Gasteiger partial charge in [-0.05, 0) is 24.3 Å². The van der Waals surface area contributed by atoms with E-state index in [2.05, 4.69) is 4.98 Å². The average Bonchev–Trinajstić information content (AvgIpc) is 2.71. The fourth-order valence-corrected chi connectivity index (χ4v) is 1.57. The molecule has 0 spiro atoms. The number of oxazole rings is 1. The van der Waals surface area contributed by atoms with Gasteiger partial charge in [0, 0.05) is 11.8 Å². The van der Waals surface area contributed by atoms with Crippen LogP contribution in [0, 0.1) is 0 Å². The quantitative estimate of drug-likeness (QED) is 0.681. The summed E-state index contributed by atoms with van der Waals surface area (Å²) in [6, 6.07) is 14.6. The van der Waals surface area contributed by atoms with E-state index in [1.807, 2.05) is 30.3 Å². The van der Waals surface area contributed by atoms with Gasteiger partial charge in [0.2, 0.25) is 0 Å². The highest BCUT2D eigenvalue weighted by molar-refractivity contribution is 5.72. The molecule has 0 radical (unpaired) electrons. The van der Waals surface area contributed by atoms with Gasteiger partial charge in [0.25, 0.3) is 0 Å². The van der Waals surface area contributed by atoms with Crippen molar-refractivity contribution < 1.29 is 9.15 Å². The van der Waals surface area contributed by atoms with Gasteiger partial charge in [-0.3, -0.25) is 0 Å². The Kier molecular flexibility index (Phi) is 2.19. The fraction of sp³-hybridized carbons (Fsp3) is 0. The summed E-state index contributed by atoms with van der Waals surface area (Å²) in [4.78, 5) is 4.21. The topological polar surface area (TPSA) is 61.3 Å². The zero-order valence-corrected chi connectivity index (χ0v) is 8.96. The van der Waals surface area contributed by atoms with E-state index in [1.54, 1.807) is 18.2 Å². The summed E-state index contributed by atoms with van der Waals surface area (Å²) >= 11 is 0. The number of fused-ring (bicyclic) bond motifs is 1. The van der Waals surface area contributed by atoms with Crippen LogP contribution in [0.25, 0.3) is 11.1 Å². The third kappa shape index (κ3) is 1.92. The molecule has 0 unspecified atom stereocenters. The Morgan fingerprint density at radius 1 is 1.06 bits per heavy atom. The van der Waals surface area contributed by atoms with Gasteiger partial charge in [0.15, 0.2) is 5.58 Å². The number of nitrogens with zero attached hydrogens (tertiary/aromatic N) is 1. The van der Waals surface area contributed by atoms with Crippen molar-refractivity contribution >= 4 is 16.8 Å². The number of hydrogen-bond donors (Lipinski definition) is 1. The molecular formula is C13H10N2O2. The summed E-state index contributed by atoms with van der Waals surface area (Å²) in [6.07, 6.45) is 0.219. The van der Waals surface area contributed by atoms with Crippen molar-refractivity contribution in [2.45, 2.75) is 0 Å². The Morgan fingerprint density at radius 2 is 1.94 bits per heavy atom. The van der Waals surface area contributed by atoms with Crippen LogP contribution in [0.1, 0.15) is 0 Å². The van der Waals surface area contributed by atoms with Crippen LogP contribution in [0.3, 0.4) is 0 Å². The zero-order chi connectivity index (χ0) is 11.7. The lowest BCUT2D eigenvalue weighted by molar-refractivity contribution is 0.343. The van der Waals surface area contributed by atoms with Crippen LogP contribution in [0.5, 0.6) is 11.8 Å². The largest absolute Gasteiger partial charge is 0.411 e. The number of aromatic nitrogens is 1. The molecule has 3 rings (SSSR count). The van der Waals surface area contributed by atoms with Crippen LogP contribution in [-0.4, -0.2) is 4.98 Å². The maximum absolute atomic E-state index is 5.66. The molecule has 17 heavy (non-hydrogen) atoms. The van der Waals surface area contributed by atoms with Crippen LogP contribution in [0.4, 0.5) is 5.69 Å². The highest BCUT2D eigenvalue weighted by Crippen LogP contribution is 2.25. The molecule has 3 aromatic rings. The molecule has 0 fully saturated rings. The van der Waals surface area contributed by atoms with Crippen molar-refractivity contribution in [1.29, 1.82) is 0 Å². The molecule has 0 bridgehead atoms. The second-order valence-electron chi connectivity index (χ2n) is 3.62. The number of benzene rings is 2. The third-order valence-electron chi connectivity index (χ3n) is 2.34. The number of nitrogen functional groups attached to an aromatic ring is 1. The molecule has 84 valence electrons. The molecule has 0 saturated heterocycles. The minimum atomic E-state index is 0.219. The average molecular weight is 226 g/mol. The van der Waals surface area contributed by atoms with Crippen LogP contribution in [0.15, 0.2) is 52.9 Å². The zero-order valence-electron chi connectivity index (χ0n) is 8.96. The molecule has 0 aliphatic carbocycles. The second-order valence-corrected chi connectivity index (χ2v) is 3.62. The number of nitrogens with two attached hydrogens (primary N) is 1. The Bertz CT molecular complexity index is 628. The van der Waals surface area contributed by atoms with Gasteiger partial charge in [-0.25, -0.2) is 0 Å². The number of anilines is 1. The highest BCUT2D eigenvalue weighted by Gasteiger charge is 2.06. The molecule has 0 atom stereocenters. The minimum Gasteiger partial charge on any atom is -0.411 e. The van der Waals surface area contributed by atoms with E-state index in [4.69, 9.17) is 14.9 Å². The standard InChI is InChI=1S/C13H10N2O2/c14-9-4-3-5-10(8-9)16-13-15-11-6-1-2-7-12(11)17-13/h1-8H,14H2. The fourth-order valence-electron chi connectivity index (χ4n) is 1.57. The SMILES string of the molecule is Nc1cccc(Oc2nc3ccccc3o2)c1. The van der Waals surface area contributed by atoms with Gasteiger partial charge in [-0.2, -0.15) is 4.98 Å². The summed E-state index contributed by atoms with van der Waals surface area (Å²) in [5.74, 6) is 0.608. The first-order chi connectivity index (χ1) is 8.31. The van der Waals surface area contributed by atoms with Gasteiger partial charge in [0.05, 0.1) is 0 Å². The molecule has 0 aliphatic heterocycles. The van der Waals surface area contributed by atoms with Crippen LogP contribution in [0.2, 0.25) is 0 Å². The minimum absolute atomic E-state index is 0.219. The Morgan fingerprint density at radius 3 is 2.76 bits per heavy atom. The summed E-state index contributed by atoms with van der Waals surface area (Å²) in [7, 11) is 0. The first-order valence-corrected chi connectivity index (χ1v) is 5.20. The maximum Gasteiger partial charge on any atom is 0.400 e. The molecule has 1 aromatic heterocycles. The van der Waals surface area contributed by atoms with Crippen LogP contribution < -0.4 is 10.5 Å². The van der Waals surface area contributed by atoms with Crippen LogP contribution in [-0.2, 0) is 0 Å². The highest BCUT2D eigenvalue weighted by atomic mass is 16.6. The summed E-state index contributed by atoms with van der Waals surface area (Å²) < 4.78 is 10.9. The maximum atomic E-state index is 5.66. The Hall–Kier alpha value is -2.49. The summed E-state index contributed by atoms with van der Waals surface area (Å²) in [5, 5.41) is 0. The molecule has 2 aromatic carbocycles. The van der Waals surface area contributed by atoms with E-state index in [-0.39, 0.29) is 6.08 Å². The van der Waals surface area contributed by atoms with E-state index in [0.717, 1.165) is 5.52 Å². The summed E-state index contributed by atoms with van der Waals surface area (Å²) in [5.41, 5.74) is 7.76. The van der Waals surface area contributed by atoms with E-state index in [0.29, 0.717) is 17.0 Å². The van der Waals surface area contributed by atoms with Crippen molar-refractivity contribution in [1.82, 2.24) is 4.98 Å². The molecule has 0 aliphatic rings. The van der Waals surface area contributed by atoms with Crippen LogP contribution >= 0.6 is 0 Å². The number of rotatable bonds is 2. The molecular weight excluding hydrogens is 216 g/mol. The van der Waals surface area contributed by atoms with E-state index in [1.165, 1.54) is 0 Å². The number of para-hydroxylation sites is 2. The van der Waals surface area contributed by atoms with Gasteiger partial charge >= 0.3 is 6.08 Å². The van der Waals surface area contributed by atoms with E-state index < -0.39 is 0 Å². The van der Waals surface area contributed by atoms with E-state index >= 15 is 0 Å². The Labute approximate surface area is 97.6 Å². The van der Waals surface area contributed by atoms with Crippen molar-refractivity contribution in [3.63, 3.8) is 0 Å². The lowest BCUT2D eigenvalue weighted by Gasteiger charge is -2.00. The van der Waals surface area contributed by atoms with Crippen molar-refractivity contribution in [3.8, 4) is 11.8 Å². The Balaban J connectivity index is 1.94. The number of ether oxygens (including phenoxy) is 1. The molecule has 1 heterocycles. The third-order valence-corrected chi connectivity index (χ3v) is 2.34. The van der Waals surface area contributed by atoms with Gasteiger partial charge in [0.1, 0.15) is 11.3 Å². The normalized spacial score (nSPS) is 10.6. The van der Waals surface area contributed by atoms with Crippen molar-refractivity contribution in [3.05, 3.63) is 48.5 Å². The summed E-state index contributed by atoms with van der Waals surface area (Å²) in [6.45, 7) is 0.